The summed E-state index contributed by atoms with van der Waals surface area (Å²) in [5.41, 5.74) is 0.436. The number of phenols is 4. The van der Waals surface area contributed by atoms with Gasteiger partial charge in [-0.1, -0.05) is 6.07 Å². The molecule has 0 saturated carbocycles. The number of benzene rings is 2. The molecule has 11 heteroatoms. The number of aliphatic hydroxyl groups excluding tert-OH is 4. The van der Waals surface area contributed by atoms with Crippen LogP contribution in [0.5, 0.6) is 28.7 Å². The topological polar surface area (TPSA) is 190 Å². The Kier molecular flexibility index (Phi) is 5.75. The molecule has 2 unspecified atom stereocenters. The van der Waals surface area contributed by atoms with Crippen LogP contribution in [0.4, 0.5) is 0 Å². The predicted octanol–water partition coefficient (Wildman–Crippen LogP) is -0.200. The van der Waals surface area contributed by atoms with Gasteiger partial charge in [0.25, 0.3) is 0 Å². The lowest BCUT2D eigenvalue weighted by Gasteiger charge is -2.41. The summed E-state index contributed by atoms with van der Waals surface area (Å²) in [4.78, 5) is 0. The molecule has 0 aliphatic carbocycles. The molecule has 2 aromatic carbocycles. The van der Waals surface area contributed by atoms with Crippen molar-refractivity contribution in [3.05, 3.63) is 47.2 Å². The lowest BCUT2D eigenvalue weighted by molar-refractivity contribution is -0.293. The Morgan fingerprint density at radius 3 is 2.28 bits per heavy atom. The van der Waals surface area contributed by atoms with Gasteiger partial charge in [-0.15, -0.1) is 0 Å². The maximum absolute atomic E-state index is 10.3. The van der Waals surface area contributed by atoms with Gasteiger partial charge in [-0.2, -0.15) is 0 Å². The highest BCUT2D eigenvalue weighted by Gasteiger charge is 2.46. The molecular weight excluding hydrogens is 428 g/mol. The van der Waals surface area contributed by atoms with E-state index in [0.717, 1.165) is 6.07 Å². The first-order valence-corrected chi connectivity index (χ1v) is 9.63. The van der Waals surface area contributed by atoms with Gasteiger partial charge >= 0.3 is 0 Å². The molecule has 0 amide bonds. The predicted molar refractivity (Wildman–Crippen MR) is 106 cm³/mol. The molecule has 0 spiro atoms. The van der Waals surface area contributed by atoms with Gasteiger partial charge in [-0.05, 0) is 18.2 Å². The molecule has 4 rings (SSSR count). The second-order valence-electron chi connectivity index (χ2n) is 7.48. The minimum atomic E-state index is -1.70. The van der Waals surface area contributed by atoms with E-state index in [1.807, 2.05) is 0 Å². The normalized spacial score (nSPS) is 29.6. The number of ether oxygens (including phenoxy) is 3. The molecule has 172 valence electrons. The monoisotopic (exact) mass is 450 g/mol. The zero-order valence-corrected chi connectivity index (χ0v) is 16.4. The summed E-state index contributed by atoms with van der Waals surface area (Å²) in [6.45, 7) is -0.654. The van der Waals surface area contributed by atoms with Crippen LogP contribution in [0.25, 0.3) is 6.08 Å². The van der Waals surface area contributed by atoms with Gasteiger partial charge < -0.3 is 55.1 Å². The number of aliphatic hydroxyl groups is 4. The summed E-state index contributed by atoms with van der Waals surface area (Å²) in [6.07, 6.45) is -7.44. The van der Waals surface area contributed by atoms with Crippen molar-refractivity contribution in [3.63, 3.8) is 0 Å². The fourth-order valence-corrected chi connectivity index (χ4v) is 3.57. The Hall–Kier alpha value is -3.22. The van der Waals surface area contributed by atoms with E-state index in [-0.39, 0.29) is 34.3 Å². The number of hydrogen-bond donors (Lipinski definition) is 8. The van der Waals surface area contributed by atoms with Crippen LogP contribution in [0.15, 0.2) is 36.1 Å². The molecule has 1 saturated heterocycles. The van der Waals surface area contributed by atoms with Crippen LogP contribution in [0.3, 0.4) is 0 Å². The third-order valence-electron chi connectivity index (χ3n) is 5.30. The molecule has 2 aromatic rings. The van der Waals surface area contributed by atoms with Crippen molar-refractivity contribution in [2.75, 3.05) is 6.61 Å². The Balaban J connectivity index is 1.74. The van der Waals surface area contributed by atoms with E-state index in [2.05, 4.69) is 0 Å². The number of rotatable bonds is 4. The lowest BCUT2D eigenvalue weighted by atomic mass is 9.98. The van der Waals surface area contributed by atoms with E-state index in [4.69, 9.17) is 14.2 Å². The highest BCUT2D eigenvalue weighted by Crippen LogP contribution is 2.45. The van der Waals surface area contributed by atoms with Gasteiger partial charge in [-0.3, -0.25) is 0 Å². The van der Waals surface area contributed by atoms with Crippen molar-refractivity contribution in [1.29, 1.82) is 0 Å². The van der Waals surface area contributed by atoms with Crippen molar-refractivity contribution in [1.82, 2.24) is 0 Å². The second kappa shape index (κ2) is 8.37. The molecule has 0 aromatic heterocycles. The minimum Gasteiger partial charge on any atom is -0.508 e. The smallest absolute Gasteiger partial charge is 0.228 e. The Morgan fingerprint density at radius 2 is 1.59 bits per heavy atom. The van der Waals surface area contributed by atoms with Gasteiger partial charge in [0.1, 0.15) is 47.4 Å². The van der Waals surface area contributed by atoms with E-state index >= 15 is 0 Å². The van der Waals surface area contributed by atoms with Crippen LogP contribution in [0, 0.1) is 0 Å². The van der Waals surface area contributed by atoms with E-state index in [0.29, 0.717) is 5.56 Å². The summed E-state index contributed by atoms with van der Waals surface area (Å²) in [7, 11) is 0. The van der Waals surface area contributed by atoms with Crippen molar-refractivity contribution in [2.45, 2.75) is 36.8 Å². The fourth-order valence-electron chi connectivity index (χ4n) is 3.57. The highest BCUT2D eigenvalue weighted by molar-refractivity contribution is 5.69. The number of hydrogen-bond acceptors (Lipinski definition) is 11. The molecule has 2 heterocycles. The summed E-state index contributed by atoms with van der Waals surface area (Å²) in [5, 5.41) is 79.2. The second-order valence-corrected chi connectivity index (χ2v) is 7.48. The van der Waals surface area contributed by atoms with Gasteiger partial charge in [0.15, 0.2) is 17.6 Å². The zero-order chi connectivity index (χ0) is 23.2. The van der Waals surface area contributed by atoms with Crippen LogP contribution in [0.2, 0.25) is 0 Å². The average Bonchev–Trinajstić information content (AvgIpc) is 2.76. The molecule has 0 bridgehead atoms. The molecule has 6 atom stereocenters. The molecular formula is C21H22O11. The fraction of sp³-hybridized carbons (Fsp3) is 0.333. The van der Waals surface area contributed by atoms with Crippen molar-refractivity contribution < 1.29 is 55.1 Å². The Bertz CT molecular complexity index is 1030. The lowest BCUT2D eigenvalue weighted by Crippen LogP contribution is -2.59. The van der Waals surface area contributed by atoms with Crippen LogP contribution in [-0.4, -0.2) is 78.2 Å². The number of fused-ring (bicyclic) bond motifs is 1. The number of aromatic hydroxyl groups is 4. The summed E-state index contributed by atoms with van der Waals surface area (Å²) in [6, 6.07) is 6.19. The third-order valence-corrected chi connectivity index (χ3v) is 5.30. The van der Waals surface area contributed by atoms with Gasteiger partial charge in [0, 0.05) is 17.7 Å². The first-order chi connectivity index (χ1) is 15.2. The highest BCUT2D eigenvalue weighted by atomic mass is 16.7. The van der Waals surface area contributed by atoms with Crippen LogP contribution >= 0.6 is 0 Å². The third kappa shape index (κ3) is 3.87. The minimum absolute atomic E-state index is 0.0343. The molecule has 8 N–H and O–H groups in total. The molecule has 2 aliphatic rings. The molecule has 32 heavy (non-hydrogen) atoms. The van der Waals surface area contributed by atoms with E-state index in [1.165, 1.54) is 30.3 Å². The molecule has 11 nitrogen and oxygen atoms in total. The Labute approximate surface area is 181 Å². The average molecular weight is 450 g/mol. The summed E-state index contributed by atoms with van der Waals surface area (Å²) in [5.74, 6) is -1.36. The standard InChI is InChI=1S/C21H22O11/c22-7-16-17(27)18(28)19(29)21(32-16)31-15-6-10-12(25)4-9(23)5-14(10)30-20(15)8-1-2-11(24)13(26)3-8/h1-6,16-29H,7H2/t16-,17+,18+,19-,20?,21?/m1/s1. The first-order valence-electron chi connectivity index (χ1n) is 9.63. The summed E-state index contributed by atoms with van der Waals surface area (Å²) >= 11 is 0. The van der Waals surface area contributed by atoms with E-state index in [1.54, 1.807) is 0 Å². The number of phenolic OH excluding ortho intramolecular Hbond substituents is 4. The van der Waals surface area contributed by atoms with Crippen LogP contribution < -0.4 is 4.74 Å². The molecule has 1 fully saturated rings. The van der Waals surface area contributed by atoms with Crippen molar-refractivity contribution in [3.8, 4) is 28.7 Å². The van der Waals surface area contributed by atoms with E-state index < -0.39 is 49.2 Å². The van der Waals surface area contributed by atoms with Crippen LogP contribution in [-0.2, 0) is 9.47 Å². The zero-order valence-electron chi connectivity index (χ0n) is 16.4. The first kappa shape index (κ1) is 22.0. The molecule has 2 aliphatic heterocycles. The Morgan fingerprint density at radius 1 is 0.844 bits per heavy atom. The summed E-state index contributed by atoms with van der Waals surface area (Å²) < 4.78 is 17.0. The van der Waals surface area contributed by atoms with Gasteiger partial charge in [-0.25, -0.2) is 0 Å². The largest absolute Gasteiger partial charge is 0.508 e. The maximum Gasteiger partial charge on any atom is 0.228 e. The van der Waals surface area contributed by atoms with Crippen molar-refractivity contribution >= 4 is 6.08 Å². The van der Waals surface area contributed by atoms with Gasteiger partial charge in [0.05, 0.1) is 12.2 Å². The SMILES string of the molecule is OC[C@H]1OC(OC2=Cc3c(O)cc(O)cc3OC2c2ccc(O)c(O)c2)[C@H](O)[C@@H](O)[C@H]1O. The van der Waals surface area contributed by atoms with Gasteiger partial charge in [0.2, 0.25) is 6.29 Å². The maximum atomic E-state index is 10.3. The molecule has 0 radical (unpaired) electrons. The van der Waals surface area contributed by atoms with Crippen LogP contribution in [0.1, 0.15) is 17.2 Å². The van der Waals surface area contributed by atoms with Crippen molar-refractivity contribution in [2.24, 2.45) is 0 Å². The van der Waals surface area contributed by atoms with E-state index in [9.17, 15) is 40.9 Å². The quantitative estimate of drug-likeness (QED) is 0.288.